The zero-order valence-corrected chi connectivity index (χ0v) is 20.4. The lowest BCUT2D eigenvalue weighted by Gasteiger charge is -2.22. The molecule has 34 heavy (non-hydrogen) atoms. The summed E-state index contributed by atoms with van der Waals surface area (Å²) >= 11 is 7.28. The number of rotatable bonds is 11. The highest BCUT2D eigenvalue weighted by molar-refractivity contribution is 7.99. The SMILES string of the molecule is CCC(=O)OCOC(=O)C1C(CSc2ccc(F)c(Cl)c2)CC2C(C(=O)OCOC(=O)CC)C21. The molecule has 0 saturated heterocycles. The van der Waals surface area contributed by atoms with Crippen LogP contribution in [0.5, 0.6) is 0 Å². The highest BCUT2D eigenvalue weighted by Gasteiger charge is 2.67. The minimum absolute atomic E-state index is 0.0135. The standard InChI is InChI=1S/C23H26ClFO8S/c1-3-17(26)30-10-32-22(28)19-12(9-34-13-5-6-16(25)15(24)8-13)7-14-20(19)21(14)23(29)33-11-31-18(27)4-2/h5-6,8,12,14,19-21H,3-4,7,9-11H2,1-2H3. The third-order valence-electron chi connectivity index (χ3n) is 6.05. The molecule has 1 aromatic rings. The summed E-state index contributed by atoms with van der Waals surface area (Å²) in [7, 11) is 0. The lowest BCUT2D eigenvalue weighted by atomic mass is 9.90. The quantitative estimate of drug-likeness (QED) is 0.245. The van der Waals surface area contributed by atoms with Crippen LogP contribution >= 0.6 is 23.4 Å². The summed E-state index contributed by atoms with van der Waals surface area (Å²) in [5.74, 6) is -3.56. The van der Waals surface area contributed by atoms with E-state index < -0.39 is 55.1 Å². The van der Waals surface area contributed by atoms with E-state index >= 15 is 0 Å². The average Bonchev–Trinajstić information content (AvgIpc) is 3.39. The third-order valence-corrected chi connectivity index (χ3v) is 7.52. The molecule has 2 fully saturated rings. The van der Waals surface area contributed by atoms with E-state index in [-0.39, 0.29) is 35.6 Å². The molecule has 2 aliphatic carbocycles. The van der Waals surface area contributed by atoms with Crippen molar-refractivity contribution in [1.82, 2.24) is 0 Å². The van der Waals surface area contributed by atoms with Crippen molar-refractivity contribution in [3.8, 4) is 0 Å². The monoisotopic (exact) mass is 516 g/mol. The molecule has 3 rings (SSSR count). The Hall–Kier alpha value is -2.33. The van der Waals surface area contributed by atoms with Crippen molar-refractivity contribution >= 4 is 47.2 Å². The molecule has 0 radical (unpaired) electrons. The van der Waals surface area contributed by atoms with Crippen LogP contribution in [0.1, 0.15) is 33.1 Å². The topological polar surface area (TPSA) is 105 Å². The first kappa shape index (κ1) is 26.3. The Morgan fingerprint density at radius 2 is 1.56 bits per heavy atom. The summed E-state index contributed by atoms with van der Waals surface area (Å²) in [5, 5.41) is 0.0135. The van der Waals surface area contributed by atoms with Crippen molar-refractivity contribution in [2.45, 2.75) is 38.0 Å². The maximum Gasteiger partial charge on any atom is 0.312 e. The number of ether oxygens (including phenoxy) is 4. The number of fused-ring (bicyclic) bond motifs is 1. The van der Waals surface area contributed by atoms with Gasteiger partial charge in [0.2, 0.25) is 13.6 Å². The smallest absolute Gasteiger partial charge is 0.312 e. The van der Waals surface area contributed by atoms with Gasteiger partial charge in [0, 0.05) is 23.5 Å². The highest BCUT2D eigenvalue weighted by Crippen LogP contribution is 2.64. The molecule has 2 aliphatic rings. The van der Waals surface area contributed by atoms with Gasteiger partial charge in [0.25, 0.3) is 0 Å². The third kappa shape index (κ3) is 6.41. The van der Waals surface area contributed by atoms with Gasteiger partial charge in [-0.05, 0) is 42.4 Å². The van der Waals surface area contributed by atoms with Crippen LogP contribution in [-0.4, -0.2) is 43.2 Å². The first-order chi connectivity index (χ1) is 16.3. The lowest BCUT2D eigenvalue weighted by molar-refractivity contribution is -0.171. The number of benzene rings is 1. The Bertz CT molecular complexity index is 942. The van der Waals surface area contributed by atoms with Gasteiger partial charge in [-0.15, -0.1) is 11.8 Å². The van der Waals surface area contributed by atoms with E-state index in [4.69, 9.17) is 30.5 Å². The molecular weight excluding hydrogens is 491 g/mol. The van der Waals surface area contributed by atoms with Crippen molar-refractivity contribution in [2.75, 3.05) is 19.3 Å². The lowest BCUT2D eigenvalue weighted by Crippen LogP contribution is -2.30. The van der Waals surface area contributed by atoms with Crippen LogP contribution in [-0.2, 0) is 38.1 Å². The molecule has 5 atom stereocenters. The zero-order valence-electron chi connectivity index (χ0n) is 18.8. The molecule has 8 nitrogen and oxygen atoms in total. The number of carbonyl (C=O) groups is 4. The Morgan fingerprint density at radius 3 is 2.12 bits per heavy atom. The molecule has 2 saturated carbocycles. The minimum Gasteiger partial charge on any atom is -0.428 e. The largest absolute Gasteiger partial charge is 0.428 e. The highest BCUT2D eigenvalue weighted by atomic mass is 35.5. The Balaban J connectivity index is 1.61. The Kier molecular flexibility index (Phi) is 9.18. The molecule has 0 aromatic heterocycles. The number of halogens is 2. The predicted octanol–water partition coefficient (Wildman–Crippen LogP) is 3.98. The maximum absolute atomic E-state index is 13.4. The average molecular weight is 517 g/mol. The first-order valence-electron chi connectivity index (χ1n) is 11.0. The molecule has 0 bridgehead atoms. The van der Waals surface area contributed by atoms with Crippen LogP contribution in [0, 0.1) is 35.4 Å². The summed E-state index contributed by atoms with van der Waals surface area (Å²) in [6.07, 6.45) is 0.915. The van der Waals surface area contributed by atoms with Crippen molar-refractivity contribution in [3.63, 3.8) is 0 Å². The van der Waals surface area contributed by atoms with Gasteiger partial charge in [-0.1, -0.05) is 25.4 Å². The molecule has 1 aromatic carbocycles. The van der Waals surface area contributed by atoms with Gasteiger partial charge >= 0.3 is 23.9 Å². The molecule has 0 spiro atoms. The summed E-state index contributed by atoms with van der Waals surface area (Å²) in [6, 6.07) is 4.41. The fourth-order valence-corrected chi connectivity index (χ4v) is 5.69. The molecule has 186 valence electrons. The molecule has 0 amide bonds. The van der Waals surface area contributed by atoms with Crippen LogP contribution in [0.2, 0.25) is 5.02 Å². The number of carbonyl (C=O) groups excluding carboxylic acids is 4. The number of esters is 4. The van der Waals surface area contributed by atoms with Gasteiger partial charge in [0.1, 0.15) is 5.82 Å². The maximum atomic E-state index is 13.4. The van der Waals surface area contributed by atoms with Crippen molar-refractivity contribution in [1.29, 1.82) is 0 Å². The van der Waals surface area contributed by atoms with E-state index in [0.717, 1.165) is 4.90 Å². The second kappa shape index (κ2) is 11.9. The van der Waals surface area contributed by atoms with Crippen LogP contribution < -0.4 is 0 Å². The van der Waals surface area contributed by atoms with Crippen molar-refractivity contribution < 1.29 is 42.5 Å². The number of thioether (sulfide) groups is 1. The summed E-state index contributed by atoms with van der Waals surface area (Å²) in [6.45, 7) is 2.30. The summed E-state index contributed by atoms with van der Waals surface area (Å²) < 4.78 is 33.3. The van der Waals surface area contributed by atoms with E-state index in [1.165, 1.54) is 23.9 Å². The van der Waals surface area contributed by atoms with Gasteiger partial charge in [-0.25, -0.2) is 4.39 Å². The van der Waals surface area contributed by atoms with Crippen molar-refractivity contribution in [2.24, 2.45) is 29.6 Å². The van der Waals surface area contributed by atoms with E-state index in [1.807, 2.05) is 0 Å². The second-order valence-corrected chi connectivity index (χ2v) is 9.58. The summed E-state index contributed by atoms with van der Waals surface area (Å²) in [4.78, 5) is 48.6. The van der Waals surface area contributed by atoms with Crippen LogP contribution in [0.4, 0.5) is 4.39 Å². The normalized spacial score (nSPS) is 24.6. The Morgan fingerprint density at radius 1 is 0.971 bits per heavy atom. The number of hydrogen-bond donors (Lipinski definition) is 0. The first-order valence-corrected chi connectivity index (χ1v) is 12.4. The van der Waals surface area contributed by atoms with Gasteiger partial charge in [-0.3, -0.25) is 19.2 Å². The van der Waals surface area contributed by atoms with Gasteiger partial charge in [0.15, 0.2) is 0 Å². The van der Waals surface area contributed by atoms with Crippen LogP contribution in [0.25, 0.3) is 0 Å². The molecular formula is C23H26ClFO8S. The molecule has 11 heteroatoms. The van der Waals surface area contributed by atoms with Gasteiger partial charge < -0.3 is 18.9 Å². The molecule has 5 unspecified atom stereocenters. The minimum atomic E-state index is -0.593. The van der Waals surface area contributed by atoms with E-state index in [2.05, 4.69) is 0 Å². The second-order valence-electron chi connectivity index (χ2n) is 8.08. The zero-order chi connectivity index (χ0) is 24.8. The van der Waals surface area contributed by atoms with E-state index in [9.17, 15) is 23.6 Å². The Labute approximate surface area is 205 Å². The van der Waals surface area contributed by atoms with Gasteiger partial charge in [0.05, 0.1) is 16.9 Å². The van der Waals surface area contributed by atoms with Crippen molar-refractivity contribution in [3.05, 3.63) is 29.0 Å². The fraction of sp³-hybridized carbons (Fsp3) is 0.565. The molecule has 0 heterocycles. The molecule has 0 N–H and O–H groups in total. The van der Waals surface area contributed by atoms with Crippen LogP contribution in [0.3, 0.4) is 0 Å². The van der Waals surface area contributed by atoms with Gasteiger partial charge in [-0.2, -0.15) is 0 Å². The predicted molar refractivity (Wildman–Crippen MR) is 119 cm³/mol. The van der Waals surface area contributed by atoms with E-state index in [1.54, 1.807) is 19.9 Å². The van der Waals surface area contributed by atoms with Crippen LogP contribution in [0.15, 0.2) is 23.1 Å². The molecule has 0 aliphatic heterocycles. The number of hydrogen-bond acceptors (Lipinski definition) is 9. The fourth-order valence-electron chi connectivity index (χ4n) is 4.33. The van der Waals surface area contributed by atoms with E-state index in [0.29, 0.717) is 12.2 Å². The summed E-state index contributed by atoms with van der Waals surface area (Å²) in [5.41, 5.74) is 0.